The number of likely N-dealkylation sites (tertiary alicyclic amines) is 1. The molecule has 0 N–H and O–H groups in total. The van der Waals surface area contributed by atoms with Crippen LogP contribution in [0.15, 0.2) is 4.52 Å². The number of rotatable bonds is 4. The maximum atomic E-state index is 5.34. The van der Waals surface area contributed by atoms with Gasteiger partial charge in [-0.05, 0) is 20.3 Å². The van der Waals surface area contributed by atoms with Crippen LogP contribution in [0.4, 0.5) is 0 Å². The number of hydrogen-bond donors (Lipinski definition) is 0. The Morgan fingerprint density at radius 2 is 2.00 bits per heavy atom. The van der Waals surface area contributed by atoms with Crippen molar-refractivity contribution in [3.8, 4) is 0 Å². The maximum absolute atomic E-state index is 5.34. The Balaban J connectivity index is 1.34. The second-order valence-electron chi connectivity index (χ2n) is 6.65. The predicted molar refractivity (Wildman–Crippen MR) is 84.9 cm³/mol. The van der Waals surface area contributed by atoms with E-state index in [9.17, 15) is 0 Å². The Labute approximate surface area is 136 Å². The average Bonchev–Trinajstić information content (AvgIpc) is 3.05. The van der Waals surface area contributed by atoms with Crippen LogP contribution in [-0.2, 0) is 26.1 Å². The average molecular weight is 316 g/mol. The van der Waals surface area contributed by atoms with Gasteiger partial charge in [-0.15, -0.1) is 10.2 Å². The highest BCUT2D eigenvalue weighted by atomic mass is 16.5. The van der Waals surface area contributed by atoms with Crippen molar-refractivity contribution in [2.24, 2.45) is 0 Å². The van der Waals surface area contributed by atoms with Crippen LogP contribution >= 0.6 is 0 Å². The van der Waals surface area contributed by atoms with Gasteiger partial charge in [0.15, 0.2) is 0 Å². The minimum absolute atomic E-state index is 0.631. The number of fused-ring (bicyclic) bond motifs is 1. The molecular formula is C16H24N6O. The van der Waals surface area contributed by atoms with Crippen molar-refractivity contribution in [3.63, 3.8) is 0 Å². The van der Waals surface area contributed by atoms with Crippen LogP contribution in [0.3, 0.4) is 0 Å². The van der Waals surface area contributed by atoms with Gasteiger partial charge in [0.1, 0.15) is 17.4 Å². The molecule has 0 radical (unpaired) electrons. The molecule has 0 atom stereocenters. The Morgan fingerprint density at radius 1 is 1.17 bits per heavy atom. The number of aryl methyl sites for hydroxylation is 3. The summed E-state index contributed by atoms with van der Waals surface area (Å²) < 4.78 is 7.57. The van der Waals surface area contributed by atoms with E-state index < -0.39 is 0 Å². The fourth-order valence-corrected chi connectivity index (χ4v) is 3.68. The molecule has 7 heteroatoms. The van der Waals surface area contributed by atoms with Gasteiger partial charge in [0.05, 0.1) is 12.2 Å². The summed E-state index contributed by atoms with van der Waals surface area (Å²) in [6.45, 7) is 12.4. The highest BCUT2D eigenvalue weighted by Crippen LogP contribution is 2.24. The molecule has 1 fully saturated rings. The van der Waals surface area contributed by atoms with E-state index in [1.54, 1.807) is 0 Å². The van der Waals surface area contributed by atoms with Crippen molar-refractivity contribution in [2.45, 2.75) is 52.9 Å². The van der Waals surface area contributed by atoms with Crippen LogP contribution in [0.25, 0.3) is 0 Å². The largest absolute Gasteiger partial charge is 0.361 e. The van der Waals surface area contributed by atoms with E-state index in [2.05, 4.69) is 36.6 Å². The second kappa shape index (κ2) is 5.72. The standard InChI is InChI=1S/C16H24N6O/c1-4-15-14(11(2)23-19-15)9-20-7-13(8-20)21-5-6-22-12(3)17-18-16(22)10-21/h13H,4-10H2,1-3H3. The van der Waals surface area contributed by atoms with Crippen molar-refractivity contribution in [1.29, 1.82) is 0 Å². The molecule has 1 saturated heterocycles. The van der Waals surface area contributed by atoms with Crippen LogP contribution in [0.1, 0.15) is 35.6 Å². The van der Waals surface area contributed by atoms with E-state index in [-0.39, 0.29) is 0 Å². The minimum atomic E-state index is 0.631. The van der Waals surface area contributed by atoms with E-state index in [0.29, 0.717) is 6.04 Å². The van der Waals surface area contributed by atoms with E-state index in [1.165, 1.54) is 5.56 Å². The first kappa shape index (κ1) is 14.8. The quantitative estimate of drug-likeness (QED) is 0.843. The third-order valence-corrected chi connectivity index (χ3v) is 5.20. The Kier molecular flexibility index (Phi) is 3.69. The van der Waals surface area contributed by atoms with Crippen molar-refractivity contribution in [1.82, 2.24) is 29.7 Å². The number of aromatic nitrogens is 4. The zero-order valence-electron chi connectivity index (χ0n) is 14.1. The van der Waals surface area contributed by atoms with Gasteiger partial charge in [-0.25, -0.2) is 0 Å². The van der Waals surface area contributed by atoms with E-state index >= 15 is 0 Å². The zero-order chi connectivity index (χ0) is 16.0. The molecule has 2 aliphatic heterocycles. The normalized spacial score (nSPS) is 19.8. The van der Waals surface area contributed by atoms with Crippen LogP contribution < -0.4 is 0 Å². The predicted octanol–water partition coefficient (Wildman–Crippen LogP) is 1.15. The van der Waals surface area contributed by atoms with Gasteiger partial charge in [-0.1, -0.05) is 12.1 Å². The maximum Gasteiger partial charge on any atom is 0.147 e. The first-order valence-electron chi connectivity index (χ1n) is 8.44. The van der Waals surface area contributed by atoms with Crippen molar-refractivity contribution < 1.29 is 4.52 Å². The highest BCUT2D eigenvalue weighted by Gasteiger charge is 2.35. The summed E-state index contributed by atoms with van der Waals surface area (Å²) in [5, 5.41) is 12.6. The lowest BCUT2D eigenvalue weighted by atomic mass is 10.0. The van der Waals surface area contributed by atoms with Crippen LogP contribution in [0.2, 0.25) is 0 Å². The zero-order valence-corrected chi connectivity index (χ0v) is 14.1. The Bertz CT molecular complexity index is 699. The van der Waals surface area contributed by atoms with E-state index in [0.717, 1.165) is 68.8 Å². The van der Waals surface area contributed by atoms with Gasteiger partial charge in [0, 0.05) is 44.3 Å². The lowest BCUT2D eigenvalue weighted by Crippen LogP contribution is -2.60. The summed E-state index contributed by atoms with van der Waals surface area (Å²) in [5.41, 5.74) is 2.38. The van der Waals surface area contributed by atoms with E-state index in [4.69, 9.17) is 4.52 Å². The molecule has 0 aromatic carbocycles. The summed E-state index contributed by atoms with van der Waals surface area (Å²) in [6, 6.07) is 0.631. The van der Waals surface area contributed by atoms with Gasteiger partial charge in [-0.3, -0.25) is 9.80 Å². The fourth-order valence-electron chi connectivity index (χ4n) is 3.68. The molecule has 0 aliphatic carbocycles. The van der Waals surface area contributed by atoms with E-state index in [1.807, 2.05) is 13.8 Å². The summed E-state index contributed by atoms with van der Waals surface area (Å²) in [4.78, 5) is 5.02. The molecular weight excluding hydrogens is 292 g/mol. The molecule has 0 amide bonds. The molecule has 2 aromatic rings. The van der Waals surface area contributed by atoms with Gasteiger partial charge in [-0.2, -0.15) is 0 Å². The first-order chi connectivity index (χ1) is 11.2. The summed E-state index contributed by atoms with van der Waals surface area (Å²) >= 11 is 0. The molecule has 0 bridgehead atoms. The summed E-state index contributed by atoms with van der Waals surface area (Å²) in [7, 11) is 0. The summed E-state index contributed by atoms with van der Waals surface area (Å²) in [5.74, 6) is 3.10. The lowest BCUT2D eigenvalue weighted by molar-refractivity contribution is 0.0125. The number of hydrogen-bond acceptors (Lipinski definition) is 6. The van der Waals surface area contributed by atoms with Crippen molar-refractivity contribution in [2.75, 3.05) is 19.6 Å². The Hall–Kier alpha value is -1.73. The molecule has 2 aromatic heterocycles. The van der Waals surface area contributed by atoms with Crippen molar-refractivity contribution in [3.05, 3.63) is 28.7 Å². The smallest absolute Gasteiger partial charge is 0.147 e. The molecule has 23 heavy (non-hydrogen) atoms. The highest BCUT2D eigenvalue weighted by molar-refractivity contribution is 5.22. The molecule has 124 valence electrons. The molecule has 4 heterocycles. The van der Waals surface area contributed by atoms with Gasteiger partial charge < -0.3 is 9.09 Å². The van der Waals surface area contributed by atoms with Gasteiger partial charge in [0.2, 0.25) is 0 Å². The second-order valence-corrected chi connectivity index (χ2v) is 6.65. The number of nitrogens with zero attached hydrogens (tertiary/aromatic N) is 6. The van der Waals surface area contributed by atoms with Crippen LogP contribution in [-0.4, -0.2) is 55.4 Å². The van der Waals surface area contributed by atoms with Gasteiger partial charge >= 0.3 is 0 Å². The third-order valence-electron chi connectivity index (χ3n) is 5.20. The lowest BCUT2D eigenvalue weighted by Gasteiger charge is -2.46. The topological polar surface area (TPSA) is 63.2 Å². The van der Waals surface area contributed by atoms with Crippen LogP contribution in [0.5, 0.6) is 0 Å². The third kappa shape index (κ3) is 2.57. The van der Waals surface area contributed by atoms with Gasteiger partial charge in [0.25, 0.3) is 0 Å². The molecule has 2 aliphatic rings. The minimum Gasteiger partial charge on any atom is -0.361 e. The van der Waals surface area contributed by atoms with Crippen LogP contribution in [0, 0.1) is 13.8 Å². The molecule has 0 saturated carbocycles. The summed E-state index contributed by atoms with van der Waals surface area (Å²) in [6.07, 6.45) is 0.936. The van der Waals surface area contributed by atoms with Crippen molar-refractivity contribution >= 4 is 0 Å². The molecule has 0 unspecified atom stereocenters. The molecule has 7 nitrogen and oxygen atoms in total. The molecule has 0 spiro atoms. The fraction of sp³-hybridized carbons (Fsp3) is 0.688. The Morgan fingerprint density at radius 3 is 2.78 bits per heavy atom. The monoisotopic (exact) mass is 316 g/mol. The SMILES string of the molecule is CCc1noc(C)c1CN1CC(N2CCn3c(C)nnc3C2)C1. The first-order valence-corrected chi connectivity index (χ1v) is 8.44. The molecule has 4 rings (SSSR count).